The summed E-state index contributed by atoms with van der Waals surface area (Å²) in [5, 5.41) is 9.84. The van der Waals surface area contributed by atoms with E-state index < -0.39 is 11.8 Å². The Morgan fingerprint density at radius 3 is 2.11 bits per heavy atom. The second kappa shape index (κ2) is 6.04. The number of carbonyl (C=O) groups excluding carboxylic acids is 2. The van der Waals surface area contributed by atoms with E-state index in [9.17, 15) is 14.7 Å². The van der Waals surface area contributed by atoms with Gasteiger partial charge in [0.15, 0.2) is 0 Å². The molecule has 0 atom stereocenters. The maximum absolute atomic E-state index is 11.3. The third kappa shape index (κ3) is 3.34. The van der Waals surface area contributed by atoms with Crippen molar-refractivity contribution in [3.05, 3.63) is 34.9 Å². The highest BCUT2D eigenvalue weighted by molar-refractivity contribution is 6.39. The quantitative estimate of drug-likeness (QED) is 0.389. The number of aliphatic hydroxyl groups excluding tert-OH is 1. The molecule has 0 heterocycles. The van der Waals surface area contributed by atoms with Crippen LogP contribution in [-0.2, 0) is 14.3 Å². The molecule has 0 unspecified atom stereocenters. The molecule has 1 N–H and O–H groups in total. The standard InChI is InChI=1S/C14H16O5/c1-8-5-10(6-9(2)13(8)18-3)11(15)7-12(16)14(17)19-4/h5-7,15H,1-4H3/b11-7-. The van der Waals surface area contributed by atoms with E-state index in [-0.39, 0.29) is 5.76 Å². The van der Waals surface area contributed by atoms with Crippen LogP contribution >= 0.6 is 0 Å². The van der Waals surface area contributed by atoms with Crippen LogP contribution in [0.15, 0.2) is 18.2 Å². The van der Waals surface area contributed by atoms with Gasteiger partial charge in [-0.2, -0.15) is 0 Å². The maximum atomic E-state index is 11.3. The molecule has 19 heavy (non-hydrogen) atoms. The van der Waals surface area contributed by atoms with Crippen LogP contribution in [0.3, 0.4) is 0 Å². The fourth-order valence-corrected chi connectivity index (χ4v) is 1.79. The van der Waals surface area contributed by atoms with Gasteiger partial charge in [0, 0.05) is 11.6 Å². The summed E-state index contributed by atoms with van der Waals surface area (Å²) in [6, 6.07) is 3.34. The Hall–Kier alpha value is -2.30. The number of rotatable bonds is 4. The first-order chi connectivity index (χ1) is 8.90. The molecule has 0 saturated carbocycles. The van der Waals surface area contributed by atoms with E-state index in [1.54, 1.807) is 19.2 Å². The number of hydrogen-bond donors (Lipinski definition) is 1. The highest BCUT2D eigenvalue weighted by atomic mass is 16.5. The summed E-state index contributed by atoms with van der Waals surface area (Å²) in [4.78, 5) is 22.3. The van der Waals surface area contributed by atoms with Gasteiger partial charge in [0.05, 0.1) is 14.2 Å². The van der Waals surface area contributed by atoms with Crippen molar-refractivity contribution in [2.24, 2.45) is 0 Å². The number of aliphatic hydroxyl groups is 1. The highest BCUT2D eigenvalue weighted by Crippen LogP contribution is 2.26. The van der Waals surface area contributed by atoms with Gasteiger partial charge in [-0.25, -0.2) is 4.79 Å². The molecule has 0 aromatic heterocycles. The zero-order chi connectivity index (χ0) is 14.6. The third-order valence-corrected chi connectivity index (χ3v) is 2.61. The summed E-state index contributed by atoms with van der Waals surface area (Å²) < 4.78 is 9.47. The zero-order valence-corrected chi connectivity index (χ0v) is 11.3. The predicted molar refractivity (Wildman–Crippen MR) is 70.1 cm³/mol. The number of hydrogen-bond acceptors (Lipinski definition) is 5. The van der Waals surface area contributed by atoms with Gasteiger partial charge in [0.2, 0.25) is 0 Å². The zero-order valence-electron chi connectivity index (χ0n) is 11.3. The Kier molecular flexibility index (Phi) is 4.69. The Labute approximate surface area is 111 Å². The molecule has 102 valence electrons. The van der Waals surface area contributed by atoms with Gasteiger partial charge in [-0.15, -0.1) is 0 Å². The van der Waals surface area contributed by atoms with Crippen molar-refractivity contribution in [3.63, 3.8) is 0 Å². The minimum atomic E-state index is -1.02. The maximum Gasteiger partial charge on any atom is 0.378 e. The first-order valence-corrected chi connectivity index (χ1v) is 5.59. The van der Waals surface area contributed by atoms with Crippen molar-refractivity contribution < 1.29 is 24.2 Å². The van der Waals surface area contributed by atoms with Gasteiger partial charge in [0.25, 0.3) is 5.78 Å². The fourth-order valence-electron chi connectivity index (χ4n) is 1.79. The Balaban J connectivity index is 3.14. The summed E-state index contributed by atoms with van der Waals surface area (Å²) >= 11 is 0. The van der Waals surface area contributed by atoms with Crippen LogP contribution in [0, 0.1) is 13.8 Å². The summed E-state index contributed by atoms with van der Waals surface area (Å²) in [7, 11) is 2.66. The smallest absolute Gasteiger partial charge is 0.378 e. The Bertz CT molecular complexity index is 520. The Morgan fingerprint density at radius 1 is 1.16 bits per heavy atom. The van der Waals surface area contributed by atoms with E-state index in [0.29, 0.717) is 5.56 Å². The van der Waals surface area contributed by atoms with Gasteiger partial charge < -0.3 is 14.6 Å². The largest absolute Gasteiger partial charge is 0.507 e. The molecule has 5 heteroatoms. The average molecular weight is 264 g/mol. The van der Waals surface area contributed by atoms with Crippen molar-refractivity contribution in [2.75, 3.05) is 14.2 Å². The molecule has 0 saturated heterocycles. The van der Waals surface area contributed by atoms with Gasteiger partial charge >= 0.3 is 5.97 Å². The Morgan fingerprint density at radius 2 is 1.68 bits per heavy atom. The van der Waals surface area contributed by atoms with Crippen LogP contribution in [0.5, 0.6) is 5.75 Å². The molecule has 5 nitrogen and oxygen atoms in total. The van der Waals surface area contributed by atoms with Crippen LogP contribution in [0.4, 0.5) is 0 Å². The monoisotopic (exact) mass is 264 g/mol. The number of carbonyl (C=O) groups is 2. The number of esters is 1. The van der Waals surface area contributed by atoms with Crippen molar-refractivity contribution in [1.82, 2.24) is 0 Å². The van der Waals surface area contributed by atoms with Crippen LogP contribution in [-0.4, -0.2) is 31.1 Å². The lowest BCUT2D eigenvalue weighted by Crippen LogP contribution is -2.13. The molecule has 0 aliphatic carbocycles. The minimum absolute atomic E-state index is 0.288. The molecule has 0 fully saturated rings. The van der Waals surface area contributed by atoms with E-state index in [2.05, 4.69) is 4.74 Å². The van der Waals surface area contributed by atoms with E-state index in [0.717, 1.165) is 30.1 Å². The summed E-state index contributed by atoms with van der Waals surface area (Å²) in [6.45, 7) is 3.65. The highest BCUT2D eigenvalue weighted by Gasteiger charge is 2.14. The number of aryl methyl sites for hydroxylation is 2. The van der Waals surface area contributed by atoms with Crippen LogP contribution in [0.1, 0.15) is 16.7 Å². The number of methoxy groups -OCH3 is 2. The SMILES string of the molecule is COC(=O)C(=O)/C=C(\O)c1cc(C)c(OC)c(C)c1. The first kappa shape index (κ1) is 14.8. The van der Waals surface area contributed by atoms with Crippen molar-refractivity contribution in [2.45, 2.75) is 13.8 Å². The van der Waals surface area contributed by atoms with Gasteiger partial charge in [-0.3, -0.25) is 4.79 Å². The molecule has 0 spiro atoms. The number of ketones is 1. The second-order valence-electron chi connectivity index (χ2n) is 4.03. The molecule has 1 rings (SSSR count). The molecule has 0 aliphatic heterocycles. The van der Waals surface area contributed by atoms with E-state index in [1.807, 2.05) is 13.8 Å². The van der Waals surface area contributed by atoms with E-state index in [4.69, 9.17) is 4.74 Å². The summed E-state index contributed by atoms with van der Waals surface area (Å²) in [5.74, 6) is -1.50. The first-order valence-electron chi connectivity index (χ1n) is 5.59. The van der Waals surface area contributed by atoms with Crippen LogP contribution in [0.25, 0.3) is 5.76 Å². The lowest BCUT2D eigenvalue weighted by Gasteiger charge is -2.10. The number of benzene rings is 1. The summed E-state index contributed by atoms with van der Waals surface area (Å²) in [5.41, 5.74) is 2.08. The average Bonchev–Trinajstić information content (AvgIpc) is 2.37. The topological polar surface area (TPSA) is 72.8 Å². The van der Waals surface area contributed by atoms with E-state index in [1.165, 1.54) is 0 Å². The molecule has 0 amide bonds. The molecule has 0 bridgehead atoms. The molecule has 0 aliphatic rings. The number of ether oxygens (including phenoxy) is 2. The third-order valence-electron chi connectivity index (χ3n) is 2.61. The van der Waals surface area contributed by atoms with Crippen LogP contribution in [0.2, 0.25) is 0 Å². The molecule has 0 radical (unpaired) electrons. The molecule has 1 aromatic rings. The van der Waals surface area contributed by atoms with Crippen LogP contribution < -0.4 is 4.74 Å². The molecular weight excluding hydrogens is 248 g/mol. The van der Waals surface area contributed by atoms with Crippen molar-refractivity contribution in [1.29, 1.82) is 0 Å². The van der Waals surface area contributed by atoms with Gasteiger partial charge in [-0.1, -0.05) is 0 Å². The molecular formula is C14H16O5. The lowest BCUT2D eigenvalue weighted by molar-refractivity contribution is -0.149. The summed E-state index contributed by atoms with van der Waals surface area (Å²) in [6.07, 6.45) is 0.840. The lowest BCUT2D eigenvalue weighted by atomic mass is 10.0. The van der Waals surface area contributed by atoms with Gasteiger partial charge in [-0.05, 0) is 37.1 Å². The fraction of sp³-hybridized carbons (Fsp3) is 0.286. The molecule has 1 aromatic carbocycles. The second-order valence-corrected chi connectivity index (χ2v) is 4.03. The normalized spacial score (nSPS) is 11.1. The van der Waals surface area contributed by atoms with Gasteiger partial charge in [0.1, 0.15) is 11.5 Å². The van der Waals surface area contributed by atoms with Crippen molar-refractivity contribution in [3.8, 4) is 5.75 Å². The van der Waals surface area contributed by atoms with Crippen molar-refractivity contribution >= 4 is 17.5 Å². The van der Waals surface area contributed by atoms with E-state index >= 15 is 0 Å². The minimum Gasteiger partial charge on any atom is -0.507 e. The predicted octanol–water partition coefficient (Wildman–Crippen LogP) is 1.95.